The third kappa shape index (κ3) is 4.30. The fraction of sp³-hybridized carbons (Fsp3) is 0.222. The van der Waals surface area contributed by atoms with Crippen LogP contribution in [0.1, 0.15) is 27.9 Å². The van der Waals surface area contributed by atoms with Crippen molar-refractivity contribution in [2.24, 2.45) is 0 Å². The molecule has 1 aromatic heterocycles. The van der Waals surface area contributed by atoms with Crippen LogP contribution in [0.5, 0.6) is 0 Å². The quantitative estimate of drug-likeness (QED) is 0.817. The second-order valence-corrected chi connectivity index (χ2v) is 6.75. The van der Waals surface area contributed by atoms with Crippen LogP contribution in [0.25, 0.3) is 0 Å². The molecule has 1 N–H and O–H groups in total. The van der Waals surface area contributed by atoms with Gasteiger partial charge in [-0.05, 0) is 50.1 Å². The van der Waals surface area contributed by atoms with Crippen LogP contribution in [0.3, 0.4) is 0 Å². The van der Waals surface area contributed by atoms with Crippen molar-refractivity contribution >= 4 is 35.0 Å². The number of nitriles is 2. The number of thioether (sulfide) groups is 1. The number of hydrogen-bond donors (Lipinski definition) is 1. The third-order valence-corrected chi connectivity index (χ3v) is 5.08. The summed E-state index contributed by atoms with van der Waals surface area (Å²) in [6.07, 6.45) is 0. The number of nitrogens with zero attached hydrogens (tertiary/aromatic N) is 3. The van der Waals surface area contributed by atoms with Crippen molar-refractivity contribution in [1.82, 2.24) is 4.98 Å². The number of nitrogens with one attached hydrogen (secondary N) is 1. The van der Waals surface area contributed by atoms with E-state index in [1.165, 1.54) is 17.8 Å². The van der Waals surface area contributed by atoms with Crippen LogP contribution in [0, 0.1) is 43.4 Å². The summed E-state index contributed by atoms with van der Waals surface area (Å²) in [5.74, 6) is -0.131. The highest BCUT2D eigenvalue weighted by Crippen LogP contribution is 2.27. The molecule has 1 amide bonds. The summed E-state index contributed by atoms with van der Waals surface area (Å²) in [4.78, 5) is 16.6. The lowest BCUT2D eigenvalue weighted by atomic mass is 10.1. The van der Waals surface area contributed by atoms with Gasteiger partial charge in [-0.3, -0.25) is 4.79 Å². The van der Waals surface area contributed by atoms with E-state index in [0.29, 0.717) is 21.8 Å². The third-order valence-electron chi connectivity index (χ3n) is 3.79. The van der Waals surface area contributed by atoms with Crippen molar-refractivity contribution < 1.29 is 4.79 Å². The van der Waals surface area contributed by atoms with Crippen molar-refractivity contribution in [3.63, 3.8) is 0 Å². The van der Waals surface area contributed by atoms with Gasteiger partial charge in [-0.2, -0.15) is 10.5 Å². The Hall–Kier alpha value is -2.54. The second-order valence-electron chi connectivity index (χ2n) is 5.38. The lowest BCUT2D eigenvalue weighted by molar-refractivity contribution is -0.113. The van der Waals surface area contributed by atoms with E-state index in [0.717, 1.165) is 16.8 Å². The first-order chi connectivity index (χ1) is 11.9. The van der Waals surface area contributed by atoms with E-state index in [4.69, 9.17) is 16.9 Å². The molecule has 0 aliphatic heterocycles. The molecule has 0 atom stereocenters. The average Bonchev–Trinajstić information content (AvgIpc) is 2.58. The molecule has 0 fully saturated rings. The van der Waals surface area contributed by atoms with Gasteiger partial charge in [-0.1, -0.05) is 23.4 Å². The number of aryl methyl sites for hydroxylation is 1. The predicted molar refractivity (Wildman–Crippen MR) is 98.7 cm³/mol. The minimum atomic E-state index is -0.243. The molecule has 0 radical (unpaired) electrons. The minimum Gasteiger partial charge on any atom is -0.325 e. The molecule has 7 heteroatoms. The Morgan fingerprint density at radius 3 is 2.56 bits per heavy atom. The average molecular weight is 371 g/mol. The fourth-order valence-corrected chi connectivity index (χ4v) is 3.27. The van der Waals surface area contributed by atoms with Gasteiger partial charge in [-0.25, -0.2) is 4.98 Å². The molecule has 126 valence electrons. The number of benzene rings is 1. The molecule has 0 spiro atoms. The Kier molecular flexibility index (Phi) is 6.03. The highest BCUT2D eigenvalue weighted by molar-refractivity contribution is 8.00. The molecule has 5 nitrogen and oxygen atoms in total. The molecule has 0 saturated heterocycles. The molecular weight excluding hydrogens is 356 g/mol. The Morgan fingerprint density at radius 1 is 1.24 bits per heavy atom. The van der Waals surface area contributed by atoms with Gasteiger partial charge in [0.25, 0.3) is 0 Å². The lowest BCUT2D eigenvalue weighted by Gasteiger charge is -2.11. The van der Waals surface area contributed by atoms with Gasteiger partial charge in [-0.15, -0.1) is 0 Å². The maximum Gasteiger partial charge on any atom is 0.234 e. The van der Waals surface area contributed by atoms with Crippen LogP contribution in [0.4, 0.5) is 5.69 Å². The van der Waals surface area contributed by atoms with Crippen molar-refractivity contribution in [2.75, 3.05) is 11.1 Å². The van der Waals surface area contributed by atoms with Gasteiger partial charge in [0.15, 0.2) is 0 Å². The van der Waals surface area contributed by atoms with Gasteiger partial charge < -0.3 is 5.32 Å². The first kappa shape index (κ1) is 18.8. The maximum atomic E-state index is 12.1. The number of rotatable bonds is 4. The Morgan fingerprint density at radius 2 is 1.96 bits per heavy atom. The van der Waals surface area contributed by atoms with E-state index in [1.54, 1.807) is 12.1 Å². The van der Waals surface area contributed by atoms with Crippen LogP contribution in [-0.4, -0.2) is 16.6 Å². The fourth-order valence-electron chi connectivity index (χ4n) is 2.16. The molecule has 0 saturated carbocycles. The minimum absolute atomic E-state index is 0.112. The normalized spacial score (nSPS) is 10.0. The molecule has 1 heterocycles. The topological polar surface area (TPSA) is 89.6 Å². The van der Waals surface area contributed by atoms with E-state index in [-0.39, 0.29) is 16.7 Å². The Balaban J connectivity index is 2.10. The van der Waals surface area contributed by atoms with Gasteiger partial charge >= 0.3 is 0 Å². The summed E-state index contributed by atoms with van der Waals surface area (Å²) < 4.78 is 0. The summed E-state index contributed by atoms with van der Waals surface area (Å²) in [6.45, 7) is 5.69. The van der Waals surface area contributed by atoms with Crippen LogP contribution < -0.4 is 5.32 Å². The summed E-state index contributed by atoms with van der Waals surface area (Å²) in [6, 6.07) is 8.82. The Labute approximate surface area is 155 Å². The first-order valence-electron chi connectivity index (χ1n) is 7.37. The number of halogens is 1. The molecule has 25 heavy (non-hydrogen) atoms. The molecule has 1 aromatic carbocycles. The summed E-state index contributed by atoms with van der Waals surface area (Å²) in [5.41, 5.74) is 4.08. The highest BCUT2D eigenvalue weighted by Gasteiger charge is 2.14. The van der Waals surface area contributed by atoms with Gasteiger partial charge in [0.05, 0.1) is 21.9 Å². The van der Waals surface area contributed by atoms with Gasteiger partial charge in [0.1, 0.15) is 17.2 Å². The van der Waals surface area contributed by atoms with E-state index in [2.05, 4.69) is 16.4 Å². The van der Waals surface area contributed by atoms with Crippen molar-refractivity contribution in [3.05, 3.63) is 51.2 Å². The maximum absolute atomic E-state index is 12.1. The molecule has 2 aromatic rings. The molecule has 0 bridgehead atoms. The van der Waals surface area contributed by atoms with E-state index in [9.17, 15) is 10.1 Å². The second kappa shape index (κ2) is 8.02. The van der Waals surface area contributed by atoms with Crippen molar-refractivity contribution in [3.8, 4) is 12.1 Å². The SMILES string of the molecule is Cc1nc(SCC(=O)Nc2ccc(C#N)c(Cl)c2)c(C#N)c(C)c1C. The number of carbonyl (C=O) groups excluding carboxylic acids is 1. The number of carbonyl (C=O) groups is 1. The smallest absolute Gasteiger partial charge is 0.234 e. The van der Waals surface area contributed by atoms with E-state index < -0.39 is 0 Å². The predicted octanol–water partition coefficient (Wildman–Crippen LogP) is 4.13. The van der Waals surface area contributed by atoms with Gasteiger partial charge in [0, 0.05) is 11.4 Å². The number of anilines is 1. The van der Waals surface area contributed by atoms with Crippen LogP contribution in [-0.2, 0) is 4.79 Å². The highest BCUT2D eigenvalue weighted by atomic mass is 35.5. The van der Waals surface area contributed by atoms with Crippen LogP contribution in [0.2, 0.25) is 5.02 Å². The van der Waals surface area contributed by atoms with E-state index in [1.807, 2.05) is 26.8 Å². The molecule has 0 aliphatic carbocycles. The molecule has 0 unspecified atom stereocenters. The summed E-state index contributed by atoms with van der Waals surface area (Å²) in [7, 11) is 0. The largest absolute Gasteiger partial charge is 0.325 e. The number of amides is 1. The summed E-state index contributed by atoms with van der Waals surface area (Å²) in [5, 5.41) is 21.8. The zero-order valence-electron chi connectivity index (χ0n) is 14.0. The summed E-state index contributed by atoms with van der Waals surface area (Å²) >= 11 is 7.17. The standard InChI is InChI=1S/C18H15ClN4OS/c1-10-11(2)15(8-21)18(22-12(10)3)25-9-17(24)23-14-5-4-13(7-20)16(19)6-14/h4-6H,9H2,1-3H3,(H,23,24). The Bertz CT molecular complexity index is 928. The first-order valence-corrected chi connectivity index (χ1v) is 8.74. The number of pyridine rings is 1. The van der Waals surface area contributed by atoms with Gasteiger partial charge in [0.2, 0.25) is 5.91 Å². The zero-order valence-corrected chi connectivity index (χ0v) is 15.5. The molecule has 2 rings (SSSR count). The number of hydrogen-bond acceptors (Lipinski definition) is 5. The van der Waals surface area contributed by atoms with E-state index >= 15 is 0 Å². The molecule has 0 aliphatic rings. The lowest BCUT2D eigenvalue weighted by Crippen LogP contribution is -2.14. The molecular formula is C18H15ClN4OS. The zero-order chi connectivity index (χ0) is 18.6. The van der Waals surface area contributed by atoms with Crippen molar-refractivity contribution in [2.45, 2.75) is 25.8 Å². The monoisotopic (exact) mass is 370 g/mol. The van der Waals surface area contributed by atoms with Crippen LogP contribution >= 0.6 is 23.4 Å². The van der Waals surface area contributed by atoms with Crippen LogP contribution in [0.15, 0.2) is 23.2 Å². The van der Waals surface area contributed by atoms with Crippen molar-refractivity contribution in [1.29, 1.82) is 10.5 Å². The number of aromatic nitrogens is 1.